The van der Waals surface area contributed by atoms with Gasteiger partial charge in [0, 0.05) is 16.3 Å². The molecule has 0 heterocycles. The Balaban J connectivity index is 2.95. The quantitative estimate of drug-likeness (QED) is 0.551. The molecular formula is C9H11Cl2NO2. The van der Waals surface area contributed by atoms with Crippen LogP contribution in [-0.4, -0.2) is 22.2 Å². The second kappa shape index (κ2) is 4.84. The lowest BCUT2D eigenvalue weighted by atomic mass is 10.1. The summed E-state index contributed by atoms with van der Waals surface area (Å²) in [6.45, 7) is 0. The second-order valence-corrected chi connectivity index (χ2v) is 3.66. The Morgan fingerprint density at radius 3 is 2.50 bits per heavy atom. The average Bonchev–Trinajstić information content (AvgIpc) is 2.15. The maximum atomic E-state index is 9.60. The molecule has 0 amide bonds. The van der Waals surface area contributed by atoms with E-state index in [9.17, 15) is 10.2 Å². The van der Waals surface area contributed by atoms with Crippen molar-refractivity contribution in [2.45, 2.75) is 12.2 Å². The van der Waals surface area contributed by atoms with Crippen LogP contribution < -0.4 is 5.73 Å². The zero-order valence-corrected chi connectivity index (χ0v) is 8.83. The van der Waals surface area contributed by atoms with Gasteiger partial charge in [-0.15, -0.1) is 11.6 Å². The van der Waals surface area contributed by atoms with Gasteiger partial charge in [0.05, 0.1) is 12.0 Å². The first-order chi connectivity index (χ1) is 6.56. The predicted octanol–water partition coefficient (Wildman–Crippen LogP) is 1.56. The van der Waals surface area contributed by atoms with Crippen LogP contribution in [0.1, 0.15) is 11.7 Å². The van der Waals surface area contributed by atoms with Crippen LogP contribution >= 0.6 is 23.2 Å². The molecule has 0 saturated carbocycles. The molecule has 4 N–H and O–H groups in total. The molecule has 0 spiro atoms. The Labute approximate surface area is 92.1 Å². The zero-order valence-electron chi connectivity index (χ0n) is 7.32. The lowest BCUT2D eigenvalue weighted by Crippen LogP contribution is -2.20. The third-order valence-corrected chi connectivity index (χ3v) is 2.51. The Kier molecular flexibility index (Phi) is 4.01. The van der Waals surface area contributed by atoms with Crippen molar-refractivity contribution in [2.24, 2.45) is 0 Å². The van der Waals surface area contributed by atoms with Crippen molar-refractivity contribution in [1.82, 2.24) is 0 Å². The van der Waals surface area contributed by atoms with Crippen molar-refractivity contribution >= 4 is 28.9 Å². The van der Waals surface area contributed by atoms with Crippen LogP contribution in [0.2, 0.25) is 5.02 Å². The first kappa shape index (κ1) is 11.6. The van der Waals surface area contributed by atoms with Gasteiger partial charge >= 0.3 is 0 Å². The summed E-state index contributed by atoms with van der Waals surface area (Å²) in [6.07, 6.45) is -2.11. The van der Waals surface area contributed by atoms with E-state index in [2.05, 4.69) is 0 Å². The van der Waals surface area contributed by atoms with E-state index in [1.807, 2.05) is 0 Å². The molecule has 1 aromatic rings. The monoisotopic (exact) mass is 235 g/mol. The Morgan fingerprint density at radius 2 is 2.00 bits per heavy atom. The van der Waals surface area contributed by atoms with E-state index in [1.54, 1.807) is 12.1 Å². The molecule has 1 aromatic carbocycles. The number of halogens is 2. The highest BCUT2D eigenvalue weighted by Gasteiger charge is 2.19. The SMILES string of the molecule is Nc1ccc(C(O)C(O)CCl)c(Cl)c1. The highest BCUT2D eigenvalue weighted by molar-refractivity contribution is 6.31. The van der Waals surface area contributed by atoms with Gasteiger partial charge in [0.2, 0.25) is 0 Å². The summed E-state index contributed by atoms with van der Waals surface area (Å²) >= 11 is 11.2. The van der Waals surface area contributed by atoms with Crippen molar-refractivity contribution in [3.63, 3.8) is 0 Å². The van der Waals surface area contributed by atoms with E-state index in [-0.39, 0.29) is 5.88 Å². The standard InChI is InChI=1S/C9H11Cl2NO2/c10-4-8(13)9(14)6-2-1-5(12)3-7(6)11/h1-3,8-9,13-14H,4,12H2. The summed E-state index contributed by atoms with van der Waals surface area (Å²) in [4.78, 5) is 0. The third-order valence-electron chi connectivity index (χ3n) is 1.87. The van der Waals surface area contributed by atoms with Gasteiger partial charge in [0.15, 0.2) is 0 Å². The minimum atomic E-state index is -1.08. The highest BCUT2D eigenvalue weighted by Crippen LogP contribution is 2.27. The van der Waals surface area contributed by atoms with E-state index >= 15 is 0 Å². The maximum Gasteiger partial charge on any atom is 0.107 e. The van der Waals surface area contributed by atoms with Crippen LogP contribution in [0.4, 0.5) is 5.69 Å². The molecular weight excluding hydrogens is 225 g/mol. The number of aliphatic hydroxyl groups is 2. The Hall–Kier alpha value is -0.480. The number of benzene rings is 1. The molecule has 0 aliphatic rings. The van der Waals surface area contributed by atoms with Gasteiger partial charge in [-0.3, -0.25) is 0 Å². The minimum absolute atomic E-state index is 0.0537. The molecule has 3 nitrogen and oxygen atoms in total. The molecule has 0 aliphatic carbocycles. The fourth-order valence-corrected chi connectivity index (χ4v) is 1.54. The number of anilines is 1. The van der Waals surface area contributed by atoms with E-state index < -0.39 is 12.2 Å². The molecule has 2 unspecified atom stereocenters. The van der Waals surface area contributed by atoms with Crippen LogP contribution in [0.15, 0.2) is 18.2 Å². The fourth-order valence-electron chi connectivity index (χ4n) is 1.07. The van der Waals surface area contributed by atoms with Crippen molar-refractivity contribution < 1.29 is 10.2 Å². The topological polar surface area (TPSA) is 66.5 Å². The Morgan fingerprint density at radius 1 is 1.36 bits per heavy atom. The van der Waals surface area contributed by atoms with Crippen LogP contribution in [-0.2, 0) is 0 Å². The van der Waals surface area contributed by atoms with Crippen molar-refractivity contribution in [2.75, 3.05) is 11.6 Å². The number of hydrogen-bond donors (Lipinski definition) is 3. The van der Waals surface area contributed by atoms with E-state index in [0.717, 1.165) is 0 Å². The summed E-state index contributed by atoms with van der Waals surface area (Å²) in [7, 11) is 0. The van der Waals surface area contributed by atoms with E-state index in [0.29, 0.717) is 16.3 Å². The molecule has 14 heavy (non-hydrogen) atoms. The van der Waals surface area contributed by atoms with Crippen molar-refractivity contribution in [1.29, 1.82) is 0 Å². The number of nitrogen functional groups attached to an aromatic ring is 1. The average molecular weight is 236 g/mol. The van der Waals surface area contributed by atoms with Crippen LogP contribution in [0, 0.1) is 0 Å². The van der Waals surface area contributed by atoms with E-state index in [1.165, 1.54) is 6.07 Å². The first-order valence-electron chi connectivity index (χ1n) is 4.03. The first-order valence-corrected chi connectivity index (χ1v) is 4.94. The molecule has 0 aliphatic heterocycles. The molecule has 0 bridgehead atoms. The molecule has 0 saturated heterocycles. The zero-order chi connectivity index (χ0) is 10.7. The van der Waals surface area contributed by atoms with Gasteiger partial charge in [-0.1, -0.05) is 17.7 Å². The van der Waals surface area contributed by atoms with Gasteiger partial charge in [0.1, 0.15) is 6.10 Å². The number of aliphatic hydroxyl groups excluding tert-OH is 2. The molecule has 78 valence electrons. The van der Waals surface area contributed by atoms with Crippen LogP contribution in [0.3, 0.4) is 0 Å². The minimum Gasteiger partial charge on any atom is -0.399 e. The fraction of sp³-hybridized carbons (Fsp3) is 0.333. The molecule has 0 fully saturated rings. The van der Waals surface area contributed by atoms with Gasteiger partial charge in [-0.25, -0.2) is 0 Å². The van der Waals surface area contributed by atoms with Crippen LogP contribution in [0.25, 0.3) is 0 Å². The molecule has 1 rings (SSSR count). The second-order valence-electron chi connectivity index (χ2n) is 2.95. The van der Waals surface area contributed by atoms with Crippen molar-refractivity contribution in [3.05, 3.63) is 28.8 Å². The van der Waals surface area contributed by atoms with Gasteiger partial charge in [0.25, 0.3) is 0 Å². The largest absolute Gasteiger partial charge is 0.399 e. The number of hydrogen-bond acceptors (Lipinski definition) is 3. The number of nitrogens with two attached hydrogens (primary N) is 1. The van der Waals surface area contributed by atoms with Gasteiger partial charge < -0.3 is 15.9 Å². The third kappa shape index (κ3) is 2.51. The summed E-state index contributed by atoms with van der Waals surface area (Å²) in [5.74, 6) is -0.0537. The molecule has 0 aromatic heterocycles. The summed E-state index contributed by atoms with van der Waals surface area (Å²) in [6, 6.07) is 4.69. The normalized spacial score (nSPS) is 15.1. The Bertz CT molecular complexity index is 320. The van der Waals surface area contributed by atoms with Gasteiger partial charge in [-0.05, 0) is 12.1 Å². The molecule has 0 radical (unpaired) electrons. The molecule has 2 atom stereocenters. The summed E-state index contributed by atoms with van der Waals surface area (Å²) in [5, 5.41) is 19.2. The number of rotatable bonds is 3. The smallest absolute Gasteiger partial charge is 0.107 e. The van der Waals surface area contributed by atoms with Gasteiger partial charge in [-0.2, -0.15) is 0 Å². The van der Waals surface area contributed by atoms with Crippen LogP contribution in [0.5, 0.6) is 0 Å². The van der Waals surface area contributed by atoms with Crippen molar-refractivity contribution in [3.8, 4) is 0 Å². The summed E-state index contributed by atoms with van der Waals surface area (Å²) in [5.41, 5.74) is 6.41. The van der Waals surface area contributed by atoms with E-state index in [4.69, 9.17) is 28.9 Å². The lowest BCUT2D eigenvalue weighted by molar-refractivity contribution is 0.0328. The highest BCUT2D eigenvalue weighted by atomic mass is 35.5. The summed E-state index contributed by atoms with van der Waals surface area (Å²) < 4.78 is 0. The molecule has 5 heteroatoms. The number of alkyl halides is 1. The lowest BCUT2D eigenvalue weighted by Gasteiger charge is -2.17. The predicted molar refractivity (Wildman–Crippen MR) is 57.6 cm³/mol. The maximum absolute atomic E-state index is 9.60.